The number of rotatable bonds is 3. The van der Waals surface area contributed by atoms with E-state index in [2.05, 4.69) is 41.8 Å². The van der Waals surface area contributed by atoms with Gasteiger partial charge in [0, 0.05) is 17.9 Å². The van der Waals surface area contributed by atoms with Gasteiger partial charge < -0.3 is 10.6 Å². The van der Waals surface area contributed by atoms with Gasteiger partial charge in [0.1, 0.15) is 0 Å². The zero-order chi connectivity index (χ0) is 9.97. The molecule has 3 heteroatoms. The minimum Gasteiger partial charge on any atom is -0.378 e. The van der Waals surface area contributed by atoms with Crippen molar-refractivity contribution in [1.82, 2.24) is 5.32 Å². The van der Waals surface area contributed by atoms with E-state index in [9.17, 15) is 0 Å². The highest BCUT2D eigenvalue weighted by Gasteiger charge is 2.27. The largest absolute Gasteiger partial charge is 0.378 e. The summed E-state index contributed by atoms with van der Waals surface area (Å²) in [6, 6.07) is 8.63. The summed E-state index contributed by atoms with van der Waals surface area (Å²) in [5, 5.41) is 6.81. The smallest absolute Gasteiger partial charge is 0.0509 e. The highest BCUT2D eigenvalue weighted by Crippen LogP contribution is 2.41. The Balaban J connectivity index is 2.09. The van der Waals surface area contributed by atoms with Gasteiger partial charge in [0.2, 0.25) is 0 Å². The molecule has 0 aromatic heterocycles. The number of benzene rings is 1. The summed E-state index contributed by atoms with van der Waals surface area (Å²) >= 11 is 0. The van der Waals surface area contributed by atoms with Crippen LogP contribution in [0.1, 0.15) is 18.4 Å². The first-order chi connectivity index (χ1) is 6.83. The normalized spacial score (nSPS) is 25.3. The lowest BCUT2D eigenvalue weighted by atomic mass is 10.0. The second-order valence-corrected chi connectivity index (χ2v) is 5.12. The van der Waals surface area contributed by atoms with Crippen molar-refractivity contribution in [3.05, 3.63) is 29.8 Å². The third kappa shape index (κ3) is 1.77. The van der Waals surface area contributed by atoms with Gasteiger partial charge in [-0.25, -0.2) is 0 Å². The molecule has 0 spiro atoms. The molecule has 2 N–H and O–H groups in total. The zero-order valence-corrected chi connectivity index (χ0v) is 9.67. The highest BCUT2D eigenvalue weighted by molar-refractivity contribution is 7.39. The standard InChI is InChI=1S/C11H17N2P/c1-8-9-5-3-4-6-10(9)13-11(8)14-7-12-2/h3-6,8,11-14H,7H2,1-2H3/t8-,11-/m0/s1. The first-order valence-electron chi connectivity index (χ1n) is 5.06. The lowest BCUT2D eigenvalue weighted by molar-refractivity contribution is 0.798. The Hall–Kier alpha value is -0.590. The molecule has 1 aliphatic heterocycles. The Morgan fingerprint density at radius 1 is 1.43 bits per heavy atom. The molecule has 0 radical (unpaired) electrons. The molecule has 14 heavy (non-hydrogen) atoms. The first kappa shape index (κ1) is 9.95. The van der Waals surface area contributed by atoms with Gasteiger partial charge in [-0.15, -0.1) is 0 Å². The van der Waals surface area contributed by atoms with E-state index in [0.29, 0.717) is 11.7 Å². The minimum atomic E-state index is 0.625. The van der Waals surface area contributed by atoms with Gasteiger partial charge in [-0.05, 0) is 18.7 Å². The molecule has 2 rings (SSSR count). The van der Waals surface area contributed by atoms with Crippen LogP contribution in [0.25, 0.3) is 0 Å². The van der Waals surface area contributed by atoms with Crippen LogP contribution in [0.4, 0.5) is 5.69 Å². The van der Waals surface area contributed by atoms with Crippen molar-refractivity contribution in [1.29, 1.82) is 0 Å². The molecule has 0 amide bonds. The molecule has 1 aromatic rings. The first-order valence-corrected chi connectivity index (χ1v) is 6.35. The van der Waals surface area contributed by atoms with E-state index in [-0.39, 0.29) is 0 Å². The van der Waals surface area contributed by atoms with Crippen molar-refractivity contribution in [2.45, 2.75) is 18.6 Å². The second-order valence-electron chi connectivity index (χ2n) is 3.73. The van der Waals surface area contributed by atoms with Gasteiger partial charge >= 0.3 is 0 Å². The van der Waals surface area contributed by atoms with Crippen LogP contribution < -0.4 is 10.6 Å². The van der Waals surface area contributed by atoms with Crippen LogP contribution in [0.2, 0.25) is 0 Å². The summed E-state index contributed by atoms with van der Waals surface area (Å²) < 4.78 is 0. The van der Waals surface area contributed by atoms with Crippen LogP contribution in [0, 0.1) is 0 Å². The predicted octanol–water partition coefficient (Wildman–Crippen LogP) is 2.40. The molecule has 76 valence electrons. The van der Waals surface area contributed by atoms with Crippen molar-refractivity contribution in [2.24, 2.45) is 0 Å². The van der Waals surface area contributed by atoms with E-state index >= 15 is 0 Å². The molecule has 3 atom stereocenters. The molecule has 1 aliphatic rings. The quantitative estimate of drug-likeness (QED) is 0.745. The summed E-state index contributed by atoms with van der Waals surface area (Å²) in [7, 11) is 2.95. The minimum absolute atomic E-state index is 0.625. The highest BCUT2D eigenvalue weighted by atomic mass is 31.1. The van der Waals surface area contributed by atoms with Crippen molar-refractivity contribution in [2.75, 3.05) is 18.7 Å². The number of hydrogen-bond donors (Lipinski definition) is 2. The Labute approximate surface area is 87.3 Å². The lowest BCUT2D eigenvalue weighted by Crippen LogP contribution is -2.16. The predicted molar refractivity (Wildman–Crippen MR) is 64.5 cm³/mol. The molecule has 1 aromatic carbocycles. The molecule has 0 saturated heterocycles. The van der Waals surface area contributed by atoms with Crippen LogP contribution in [0.5, 0.6) is 0 Å². The Morgan fingerprint density at radius 2 is 2.21 bits per heavy atom. The van der Waals surface area contributed by atoms with Crippen molar-refractivity contribution in [3.8, 4) is 0 Å². The number of nitrogens with one attached hydrogen (secondary N) is 2. The van der Waals surface area contributed by atoms with Crippen LogP contribution >= 0.6 is 8.58 Å². The van der Waals surface area contributed by atoms with Crippen LogP contribution in [-0.2, 0) is 0 Å². The Kier molecular flexibility index (Phi) is 3.05. The molecule has 0 bridgehead atoms. The fourth-order valence-corrected chi connectivity index (χ4v) is 3.15. The molecule has 0 aliphatic carbocycles. The Morgan fingerprint density at radius 3 is 2.93 bits per heavy atom. The third-order valence-corrected chi connectivity index (χ3v) is 4.40. The molecular weight excluding hydrogens is 191 g/mol. The Bertz CT molecular complexity index is 314. The second kappa shape index (κ2) is 4.29. The van der Waals surface area contributed by atoms with Gasteiger partial charge in [0.25, 0.3) is 0 Å². The van der Waals surface area contributed by atoms with Crippen LogP contribution in [0.3, 0.4) is 0 Å². The summed E-state index contributed by atoms with van der Waals surface area (Å²) in [5.74, 6) is 1.28. The van der Waals surface area contributed by atoms with E-state index in [1.807, 2.05) is 7.05 Å². The lowest BCUT2D eigenvalue weighted by Gasteiger charge is -2.16. The topological polar surface area (TPSA) is 24.1 Å². The van der Waals surface area contributed by atoms with Gasteiger partial charge in [0.05, 0.1) is 5.78 Å². The summed E-state index contributed by atoms with van der Waals surface area (Å²) in [6.45, 7) is 2.31. The third-order valence-electron chi connectivity index (χ3n) is 2.76. The van der Waals surface area contributed by atoms with Crippen LogP contribution in [-0.4, -0.2) is 19.1 Å². The number of fused-ring (bicyclic) bond motifs is 1. The van der Waals surface area contributed by atoms with Gasteiger partial charge in [-0.2, -0.15) is 0 Å². The maximum absolute atomic E-state index is 3.59. The van der Waals surface area contributed by atoms with E-state index in [0.717, 1.165) is 14.9 Å². The maximum atomic E-state index is 3.59. The average molecular weight is 208 g/mol. The molecule has 0 saturated carbocycles. The van der Waals surface area contributed by atoms with E-state index in [1.54, 1.807) is 0 Å². The molecule has 0 fully saturated rings. The van der Waals surface area contributed by atoms with E-state index in [4.69, 9.17) is 0 Å². The van der Waals surface area contributed by atoms with Crippen molar-refractivity contribution < 1.29 is 0 Å². The summed E-state index contributed by atoms with van der Waals surface area (Å²) in [4.78, 5) is 0. The van der Waals surface area contributed by atoms with Crippen LogP contribution in [0.15, 0.2) is 24.3 Å². The fraction of sp³-hybridized carbons (Fsp3) is 0.455. The van der Waals surface area contributed by atoms with Gasteiger partial charge in [-0.1, -0.05) is 33.7 Å². The van der Waals surface area contributed by atoms with Gasteiger partial charge in [0.15, 0.2) is 0 Å². The monoisotopic (exact) mass is 208 g/mol. The molecular formula is C11H17N2P. The van der Waals surface area contributed by atoms with E-state index < -0.39 is 0 Å². The SMILES string of the molecule is CNCP[C@@H]1Nc2ccccc2[C@@H]1C. The average Bonchev–Trinajstić information content (AvgIpc) is 2.54. The molecule has 2 nitrogen and oxygen atoms in total. The summed E-state index contributed by atoms with van der Waals surface area (Å²) in [6.07, 6.45) is 1.11. The molecule has 1 heterocycles. The zero-order valence-electron chi connectivity index (χ0n) is 8.67. The molecule has 1 unspecified atom stereocenters. The fourth-order valence-electron chi connectivity index (χ4n) is 1.94. The van der Waals surface area contributed by atoms with Gasteiger partial charge in [-0.3, -0.25) is 0 Å². The van der Waals surface area contributed by atoms with Crippen molar-refractivity contribution in [3.63, 3.8) is 0 Å². The van der Waals surface area contributed by atoms with Crippen molar-refractivity contribution >= 4 is 14.3 Å². The van der Waals surface area contributed by atoms with E-state index in [1.165, 1.54) is 11.3 Å². The maximum Gasteiger partial charge on any atom is 0.0509 e. The number of para-hydroxylation sites is 1. The number of hydrogen-bond acceptors (Lipinski definition) is 2. The summed E-state index contributed by atoms with van der Waals surface area (Å²) in [5.41, 5.74) is 2.80. The number of anilines is 1.